The molecule has 1 aromatic carbocycles. The molecular formula is C19H25N2O2S+. The van der Waals surface area contributed by atoms with Crippen LogP contribution in [-0.4, -0.2) is 35.8 Å². The summed E-state index contributed by atoms with van der Waals surface area (Å²) < 4.78 is 0. The second-order valence-electron chi connectivity index (χ2n) is 5.81. The van der Waals surface area contributed by atoms with Gasteiger partial charge in [-0.05, 0) is 36.2 Å². The molecule has 5 heteroatoms. The summed E-state index contributed by atoms with van der Waals surface area (Å²) in [7, 11) is 0. The Morgan fingerprint density at radius 3 is 2.38 bits per heavy atom. The first-order valence-corrected chi connectivity index (χ1v) is 9.28. The molecule has 1 N–H and O–H groups in total. The van der Waals surface area contributed by atoms with Crippen LogP contribution in [0.2, 0.25) is 0 Å². The lowest BCUT2D eigenvalue weighted by Crippen LogP contribution is -3.13. The van der Waals surface area contributed by atoms with Gasteiger partial charge in [0.25, 0.3) is 11.1 Å². The highest BCUT2D eigenvalue weighted by atomic mass is 32.2. The SMILES string of the molecule is CCC[NH+](CCC)CN1C(=O)S/C(=C/C=C/c2ccccc2)C1=O. The molecule has 0 atom stereocenters. The van der Waals surface area contributed by atoms with Crippen molar-refractivity contribution in [1.29, 1.82) is 0 Å². The fraction of sp³-hybridized carbons (Fsp3) is 0.368. The predicted octanol–water partition coefficient (Wildman–Crippen LogP) is 2.94. The van der Waals surface area contributed by atoms with Gasteiger partial charge in [-0.25, -0.2) is 4.90 Å². The Kier molecular flexibility index (Phi) is 7.28. The van der Waals surface area contributed by atoms with E-state index in [1.165, 1.54) is 9.80 Å². The van der Waals surface area contributed by atoms with Crippen LogP contribution in [0.4, 0.5) is 4.79 Å². The summed E-state index contributed by atoms with van der Waals surface area (Å²) in [6.45, 7) is 6.66. The molecule has 1 fully saturated rings. The highest BCUT2D eigenvalue weighted by molar-refractivity contribution is 8.18. The van der Waals surface area contributed by atoms with Gasteiger partial charge in [0.05, 0.1) is 18.0 Å². The number of thioether (sulfide) groups is 1. The zero-order valence-corrected chi connectivity index (χ0v) is 15.1. The van der Waals surface area contributed by atoms with Crippen LogP contribution in [0.3, 0.4) is 0 Å². The minimum Gasteiger partial charge on any atom is -0.317 e. The zero-order valence-electron chi connectivity index (χ0n) is 14.3. The summed E-state index contributed by atoms with van der Waals surface area (Å²) in [4.78, 5) is 27.8. The van der Waals surface area contributed by atoms with E-state index in [4.69, 9.17) is 0 Å². The Bertz CT molecular complexity index is 620. The van der Waals surface area contributed by atoms with Crippen molar-refractivity contribution in [3.63, 3.8) is 0 Å². The molecule has 0 aromatic heterocycles. The van der Waals surface area contributed by atoms with Crippen LogP contribution in [0.15, 0.2) is 47.4 Å². The number of nitrogens with one attached hydrogen (secondary N) is 1. The quantitative estimate of drug-likeness (QED) is 0.737. The molecular weight excluding hydrogens is 320 g/mol. The standard InChI is InChI=1S/C19H24N2O2S/c1-3-13-20(14-4-2)15-21-18(22)17(24-19(21)23)12-8-11-16-9-6-5-7-10-16/h5-12H,3-4,13-15H2,1-2H3/p+1/b11-8+,17-12+. The molecule has 1 aromatic rings. The predicted molar refractivity (Wildman–Crippen MR) is 99.5 cm³/mol. The van der Waals surface area contributed by atoms with E-state index >= 15 is 0 Å². The van der Waals surface area contributed by atoms with E-state index in [2.05, 4.69) is 13.8 Å². The molecule has 0 bridgehead atoms. The number of carbonyl (C=O) groups excluding carboxylic acids is 2. The number of hydrogen-bond acceptors (Lipinski definition) is 3. The average Bonchev–Trinajstić information content (AvgIpc) is 2.84. The molecule has 2 rings (SSSR count). The normalized spacial score (nSPS) is 17.0. The lowest BCUT2D eigenvalue weighted by molar-refractivity contribution is -0.907. The van der Waals surface area contributed by atoms with Crippen molar-refractivity contribution in [1.82, 2.24) is 4.90 Å². The maximum atomic E-state index is 12.5. The summed E-state index contributed by atoms with van der Waals surface area (Å²) in [6, 6.07) is 9.88. The summed E-state index contributed by atoms with van der Waals surface area (Å²) in [5.41, 5.74) is 1.06. The van der Waals surface area contributed by atoms with Crippen molar-refractivity contribution in [3.05, 3.63) is 53.0 Å². The Hall–Kier alpha value is -1.85. The maximum absolute atomic E-state index is 12.5. The van der Waals surface area contributed by atoms with E-state index in [0.717, 1.165) is 43.3 Å². The van der Waals surface area contributed by atoms with Gasteiger partial charge in [-0.3, -0.25) is 9.59 Å². The Morgan fingerprint density at radius 2 is 1.75 bits per heavy atom. The average molecular weight is 345 g/mol. The van der Waals surface area contributed by atoms with E-state index in [-0.39, 0.29) is 11.1 Å². The molecule has 128 valence electrons. The van der Waals surface area contributed by atoms with E-state index in [1.54, 1.807) is 6.08 Å². The summed E-state index contributed by atoms with van der Waals surface area (Å²) in [6.07, 6.45) is 7.58. The molecule has 2 amide bonds. The fourth-order valence-electron chi connectivity index (χ4n) is 2.68. The number of imide groups is 1. The van der Waals surface area contributed by atoms with Gasteiger partial charge in [0.1, 0.15) is 0 Å². The number of quaternary nitrogens is 1. The van der Waals surface area contributed by atoms with Crippen LogP contribution in [0.5, 0.6) is 0 Å². The van der Waals surface area contributed by atoms with Crippen LogP contribution in [0.25, 0.3) is 6.08 Å². The minimum atomic E-state index is -0.174. The summed E-state index contributed by atoms with van der Waals surface area (Å²) >= 11 is 1.03. The number of carbonyl (C=O) groups is 2. The first-order valence-electron chi connectivity index (χ1n) is 8.46. The Morgan fingerprint density at radius 1 is 1.08 bits per heavy atom. The van der Waals surface area contributed by atoms with Crippen LogP contribution in [0, 0.1) is 0 Å². The molecule has 0 aliphatic carbocycles. The summed E-state index contributed by atoms with van der Waals surface area (Å²) in [5, 5.41) is -0.163. The van der Waals surface area contributed by atoms with E-state index in [9.17, 15) is 9.59 Å². The van der Waals surface area contributed by atoms with Gasteiger partial charge < -0.3 is 4.90 Å². The largest absolute Gasteiger partial charge is 0.317 e. The van der Waals surface area contributed by atoms with Crippen molar-refractivity contribution < 1.29 is 14.5 Å². The van der Waals surface area contributed by atoms with Gasteiger partial charge in [-0.2, -0.15) is 0 Å². The van der Waals surface area contributed by atoms with Crippen molar-refractivity contribution >= 4 is 29.0 Å². The number of benzene rings is 1. The van der Waals surface area contributed by atoms with E-state index in [0.29, 0.717) is 11.6 Å². The highest BCUT2D eigenvalue weighted by Gasteiger charge is 2.36. The van der Waals surface area contributed by atoms with Gasteiger partial charge in [-0.15, -0.1) is 0 Å². The molecule has 1 aliphatic rings. The maximum Gasteiger partial charge on any atom is 0.298 e. The number of hydrogen-bond donors (Lipinski definition) is 1. The van der Waals surface area contributed by atoms with E-state index in [1.807, 2.05) is 42.5 Å². The monoisotopic (exact) mass is 345 g/mol. The zero-order chi connectivity index (χ0) is 17.4. The van der Waals surface area contributed by atoms with Crippen LogP contribution < -0.4 is 4.90 Å². The molecule has 1 heterocycles. The molecule has 0 spiro atoms. The molecule has 0 unspecified atom stereocenters. The molecule has 24 heavy (non-hydrogen) atoms. The Balaban J connectivity index is 2.02. The number of allylic oxidation sites excluding steroid dienone is 2. The third-order valence-corrected chi connectivity index (χ3v) is 4.72. The van der Waals surface area contributed by atoms with Gasteiger partial charge in [-0.1, -0.05) is 56.3 Å². The smallest absolute Gasteiger partial charge is 0.298 e. The van der Waals surface area contributed by atoms with Crippen molar-refractivity contribution in [2.75, 3.05) is 19.8 Å². The number of rotatable bonds is 8. The fourth-order valence-corrected chi connectivity index (χ4v) is 3.46. The van der Waals surface area contributed by atoms with Crippen LogP contribution in [0.1, 0.15) is 32.3 Å². The summed E-state index contributed by atoms with van der Waals surface area (Å²) in [5.74, 6) is -0.174. The first kappa shape index (κ1) is 18.5. The lowest BCUT2D eigenvalue weighted by atomic mass is 10.2. The topological polar surface area (TPSA) is 41.8 Å². The van der Waals surface area contributed by atoms with Gasteiger partial charge in [0, 0.05) is 0 Å². The van der Waals surface area contributed by atoms with E-state index < -0.39 is 0 Å². The molecule has 1 saturated heterocycles. The van der Waals surface area contributed by atoms with Gasteiger partial charge >= 0.3 is 0 Å². The van der Waals surface area contributed by atoms with Crippen LogP contribution in [-0.2, 0) is 4.79 Å². The van der Waals surface area contributed by atoms with Crippen molar-refractivity contribution in [3.8, 4) is 0 Å². The lowest BCUT2D eigenvalue weighted by Gasteiger charge is -2.22. The number of amides is 2. The van der Waals surface area contributed by atoms with Gasteiger partial charge in [0.15, 0.2) is 6.67 Å². The van der Waals surface area contributed by atoms with Crippen molar-refractivity contribution in [2.24, 2.45) is 0 Å². The Labute approximate surface area is 148 Å². The second kappa shape index (κ2) is 9.45. The first-order chi connectivity index (χ1) is 11.7. The van der Waals surface area contributed by atoms with Gasteiger partial charge in [0.2, 0.25) is 0 Å². The molecule has 0 radical (unpaired) electrons. The molecule has 0 saturated carbocycles. The molecule has 4 nitrogen and oxygen atoms in total. The molecule has 1 aliphatic heterocycles. The highest BCUT2D eigenvalue weighted by Crippen LogP contribution is 2.29. The number of nitrogens with zero attached hydrogens (tertiary/aromatic N) is 1. The van der Waals surface area contributed by atoms with Crippen LogP contribution >= 0.6 is 11.8 Å². The minimum absolute atomic E-state index is 0.163. The third-order valence-electron chi connectivity index (χ3n) is 3.80. The van der Waals surface area contributed by atoms with Crippen molar-refractivity contribution in [2.45, 2.75) is 26.7 Å². The third kappa shape index (κ3) is 5.08. The second-order valence-corrected chi connectivity index (χ2v) is 6.80.